The van der Waals surface area contributed by atoms with Crippen LogP contribution in [0.2, 0.25) is 0 Å². The van der Waals surface area contributed by atoms with Crippen LogP contribution in [0.1, 0.15) is 50.5 Å². The zero-order valence-corrected chi connectivity index (χ0v) is 18.5. The van der Waals surface area contributed by atoms with Gasteiger partial charge in [-0.1, -0.05) is 24.6 Å². The van der Waals surface area contributed by atoms with Gasteiger partial charge in [0.05, 0.1) is 12.5 Å². The Morgan fingerprint density at radius 1 is 1.19 bits per heavy atom. The number of ether oxygens (including phenoxy) is 2. The van der Waals surface area contributed by atoms with Crippen LogP contribution in [0.5, 0.6) is 5.75 Å². The lowest BCUT2D eigenvalue weighted by Gasteiger charge is -2.32. The first-order chi connectivity index (χ1) is 15.0. The summed E-state index contributed by atoms with van der Waals surface area (Å²) in [6, 6.07) is 7.54. The molecule has 0 unspecified atom stereocenters. The monoisotopic (exact) mass is 428 g/mol. The van der Waals surface area contributed by atoms with E-state index >= 15 is 0 Å². The number of benzene rings is 1. The van der Waals surface area contributed by atoms with Crippen LogP contribution in [0.25, 0.3) is 0 Å². The van der Waals surface area contributed by atoms with Gasteiger partial charge in [-0.2, -0.15) is 0 Å². The van der Waals surface area contributed by atoms with Crippen molar-refractivity contribution in [2.75, 3.05) is 33.9 Å². The zero-order chi connectivity index (χ0) is 22.0. The first-order valence-electron chi connectivity index (χ1n) is 11.3. The van der Waals surface area contributed by atoms with E-state index in [4.69, 9.17) is 9.47 Å². The lowest BCUT2D eigenvalue weighted by molar-refractivity contribution is -0.143. The van der Waals surface area contributed by atoms with E-state index < -0.39 is 5.41 Å². The summed E-state index contributed by atoms with van der Waals surface area (Å²) >= 11 is 0. The molecule has 0 N–H and O–H groups in total. The molecule has 2 heterocycles. The lowest BCUT2D eigenvalue weighted by atomic mass is 9.75. The van der Waals surface area contributed by atoms with Gasteiger partial charge in [-0.25, -0.2) is 0 Å². The van der Waals surface area contributed by atoms with Gasteiger partial charge in [-0.3, -0.25) is 19.3 Å². The van der Waals surface area contributed by atoms with Gasteiger partial charge in [-0.15, -0.1) is 0 Å². The fourth-order valence-corrected chi connectivity index (χ4v) is 5.68. The van der Waals surface area contributed by atoms with Crippen molar-refractivity contribution in [3.05, 3.63) is 29.8 Å². The number of fused-ring (bicyclic) bond motifs is 2. The van der Waals surface area contributed by atoms with Crippen LogP contribution < -0.4 is 4.74 Å². The van der Waals surface area contributed by atoms with Gasteiger partial charge in [0.15, 0.2) is 0 Å². The Kier molecular flexibility index (Phi) is 6.32. The van der Waals surface area contributed by atoms with Crippen LogP contribution >= 0.6 is 0 Å². The van der Waals surface area contributed by atoms with Gasteiger partial charge >= 0.3 is 0 Å². The molecule has 7 nitrogen and oxygen atoms in total. The van der Waals surface area contributed by atoms with Crippen molar-refractivity contribution >= 4 is 17.7 Å². The zero-order valence-electron chi connectivity index (χ0n) is 18.5. The molecule has 168 valence electrons. The molecule has 1 aromatic carbocycles. The van der Waals surface area contributed by atoms with Crippen molar-refractivity contribution < 1.29 is 23.9 Å². The molecule has 1 saturated carbocycles. The Bertz CT molecular complexity index is 856. The van der Waals surface area contributed by atoms with E-state index in [1.54, 1.807) is 20.3 Å². The summed E-state index contributed by atoms with van der Waals surface area (Å²) in [7, 11) is 3.15. The Hall–Kier alpha value is -2.41. The Labute approximate surface area is 183 Å². The predicted octanol–water partition coefficient (Wildman–Crippen LogP) is 2.52. The average Bonchev–Trinajstić information content (AvgIpc) is 3.20. The summed E-state index contributed by atoms with van der Waals surface area (Å²) in [4.78, 5) is 43.5. The number of nitrogens with zero attached hydrogens (tertiary/aromatic N) is 2. The van der Waals surface area contributed by atoms with Crippen molar-refractivity contribution in [1.29, 1.82) is 0 Å². The standard InChI is InChI=1S/C24H32N2O5/c1-30-12-6-11-25-21(27)14-24(23(25)29,19-9-3-4-10-20(19)31-2)15-22(28)26-16-17-7-5-8-18(26)13-17/h3-4,9-10,17-18H,5-8,11-16H2,1-2H3/t17-,18-,24-/m1/s1. The maximum absolute atomic E-state index is 13.7. The third-order valence-electron chi connectivity index (χ3n) is 7.19. The van der Waals surface area contributed by atoms with Crippen molar-refractivity contribution in [2.24, 2.45) is 5.92 Å². The largest absolute Gasteiger partial charge is 0.496 e. The maximum atomic E-state index is 13.7. The van der Waals surface area contributed by atoms with Crippen LogP contribution in [0.4, 0.5) is 0 Å². The number of carbonyl (C=O) groups excluding carboxylic acids is 3. The Morgan fingerprint density at radius 3 is 2.74 bits per heavy atom. The van der Waals surface area contributed by atoms with Gasteiger partial charge in [0.1, 0.15) is 5.75 Å². The molecule has 3 fully saturated rings. The normalized spacial score (nSPS) is 27.8. The third kappa shape index (κ3) is 3.95. The van der Waals surface area contributed by atoms with Crippen LogP contribution in [0, 0.1) is 5.92 Å². The third-order valence-corrected chi connectivity index (χ3v) is 7.19. The topological polar surface area (TPSA) is 76.2 Å². The lowest BCUT2D eigenvalue weighted by Crippen LogP contribution is -2.45. The second-order valence-corrected chi connectivity index (χ2v) is 9.07. The molecule has 4 rings (SSSR count). The quantitative estimate of drug-likeness (QED) is 0.470. The second kappa shape index (κ2) is 8.99. The number of likely N-dealkylation sites (tertiary alicyclic amines) is 2. The number of carbonyl (C=O) groups is 3. The summed E-state index contributed by atoms with van der Waals surface area (Å²) < 4.78 is 10.6. The van der Waals surface area contributed by atoms with E-state index in [0.29, 0.717) is 36.8 Å². The van der Waals surface area contributed by atoms with E-state index in [2.05, 4.69) is 0 Å². The van der Waals surface area contributed by atoms with Crippen molar-refractivity contribution in [2.45, 2.75) is 56.4 Å². The number of hydrogen-bond donors (Lipinski definition) is 0. The first-order valence-corrected chi connectivity index (χ1v) is 11.3. The molecule has 3 aliphatic rings. The molecule has 2 bridgehead atoms. The van der Waals surface area contributed by atoms with Gasteiger partial charge in [-0.05, 0) is 37.7 Å². The molecule has 0 spiro atoms. The van der Waals surface area contributed by atoms with E-state index in [9.17, 15) is 14.4 Å². The number of amides is 3. The van der Waals surface area contributed by atoms with Gasteiger partial charge in [0, 0.05) is 51.3 Å². The summed E-state index contributed by atoms with van der Waals surface area (Å²) in [5.74, 6) is 0.542. The van der Waals surface area contributed by atoms with E-state index in [1.807, 2.05) is 23.1 Å². The SMILES string of the molecule is COCCCN1C(=O)C[C@@](CC(=O)N2C[C@@H]3CCC[C@@H]2C3)(c2ccccc2OC)C1=O. The summed E-state index contributed by atoms with van der Waals surface area (Å²) in [5.41, 5.74) is -0.592. The highest BCUT2D eigenvalue weighted by Crippen LogP contribution is 2.45. The smallest absolute Gasteiger partial charge is 0.241 e. The number of imide groups is 1. The molecule has 0 aromatic heterocycles. The van der Waals surface area contributed by atoms with Crippen LogP contribution in [-0.2, 0) is 24.5 Å². The molecule has 3 atom stereocenters. The second-order valence-electron chi connectivity index (χ2n) is 9.07. The predicted molar refractivity (Wildman–Crippen MR) is 115 cm³/mol. The summed E-state index contributed by atoms with van der Waals surface area (Å²) in [6.07, 6.45) is 4.97. The molecular formula is C24H32N2O5. The highest BCUT2D eigenvalue weighted by atomic mass is 16.5. The van der Waals surface area contributed by atoms with Gasteiger partial charge in [0.25, 0.3) is 0 Å². The summed E-state index contributed by atoms with van der Waals surface area (Å²) in [6.45, 7) is 1.53. The number of hydrogen-bond acceptors (Lipinski definition) is 5. The minimum absolute atomic E-state index is 0.00193. The Balaban J connectivity index is 1.66. The molecule has 1 aromatic rings. The number of para-hydroxylation sites is 1. The minimum Gasteiger partial charge on any atom is -0.496 e. The molecule has 31 heavy (non-hydrogen) atoms. The molecule has 2 aliphatic heterocycles. The molecular weight excluding hydrogens is 396 g/mol. The summed E-state index contributed by atoms with van der Waals surface area (Å²) in [5, 5.41) is 0. The molecule has 7 heteroatoms. The highest BCUT2D eigenvalue weighted by molar-refractivity contribution is 6.11. The average molecular weight is 429 g/mol. The fourth-order valence-electron chi connectivity index (χ4n) is 5.68. The highest BCUT2D eigenvalue weighted by Gasteiger charge is 2.55. The molecule has 3 amide bonds. The fraction of sp³-hybridized carbons (Fsp3) is 0.625. The first kappa shape index (κ1) is 21.8. The molecule has 0 radical (unpaired) electrons. The van der Waals surface area contributed by atoms with Gasteiger partial charge in [0.2, 0.25) is 17.7 Å². The van der Waals surface area contributed by atoms with Crippen molar-refractivity contribution in [3.8, 4) is 5.75 Å². The minimum atomic E-state index is -1.22. The van der Waals surface area contributed by atoms with Crippen molar-refractivity contribution in [1.82, 2.24) is 9.80 Å². The van der Waals surface area contributed by atoms with Crippen LogP contribution in [0.15, 0.2) is 24.3 Å². The van der Waals surface area contributed by atoms with Crippen LogP contribution in [-0.4, -0.2) is 67.5 Å². The van der Waals surface area contributed by atoms with Gasteiger partial charge < -0.3 is 14.4 Å². The van der Waals surface area contributed by atoms with E-state index in [-0.39, 0.29) is 36.6 Å². The van der Waals surface area contributed by atoms with E-state index in [0.717, 1.165) is 25.8 Å². The molecule has 1 aliphatic carbocycles. The molecule has 2 saturated heterocycles. The number of rotatable bonds is 8. The number of methoxy groups -OCH3 is 2. The maximum Gasteiger partial charge on any atom is 0.241 e. The van der Waals surface area contributed by atoms with Crippen LogP contribution in [0.3, 0.4) is 0 Å². The Morgan fingerprint density at radius 2 is 2.00 bits per heavy atom. The van der Waals surface area contributed by atoms with Crippen molar-refractivity contribution in [3.63, 3.8) is 0 Å². The van der Waals surface area contributed by atoms with E-state index in [1.165, 1.54) is 11.3 Å².